The maximum atomic E-state index is 5.77. The lowest BCUT2D eigenvalue weighted by Gasteiger charge is -2.54. The Bertz CT molecular complexity index is 250. The smallest absolute Gasteiger partial charge is 0.0210 e. The van der Waals surface area contributed by atoms with Gasteiger partial charge in [-0.1, -0.05) is 58.8 Å². The SMILES string of the molecule is CCCCCCC(CC)CCC1C(C)NC1(C)CCN. The first kappa shape index (κ1) is 18.0. The van der Waals surface area contributed by atoms with Crippen LogP contribution in [0.1, 0.15) is 85.5 Å². The molecule has 1 aliphatic rings. The molecule has 0 radical (unpaired) electrons. The minimum atomic E-state index is 0.314. The van der Waals surface area contributed by atoms with Crippen LogP contribution in [0.4, 0.5) is 0 Å². The Kier molecular flexibility index (Phi) is 8.13. The molecule has 1 saturated heterocycles. The molecule has 1 aliphatic heterocycles. The van der Waals surface area contributed by atoms with E-state index in [0.29, 0.717) is 11.6 Å². The molecule has 2 nitrogen and oxygen atoms in total. The van der Waals surface area contributed by atoms with Crippen LogP contribution in [-0.4, -0.2) is 18.1 Å². The van der Waals surface area contributed by atoms with Crippen molar-refractivity contribution in [1.82, 2.24) is 5.32 Å². The fourth-order valence-corrected chi connectivity index (χ4v) is 4.14. The van der Waals surface area contributed by atoms with Gasteiger partial charge in [0.15, 0.2) is 0 Å². The number of nitrogens with two attached hydrogens (primary N) is 1. The maximum Gasteiger partial charge on any atom is 0.0210 e. The molecule has 0 saturated carbocycles. The van der Waals surface area contributed by atoms with Gasteiger partial charge in [-0.3, -0.25) is 0 Å². The van der Waals surface area contributed by atoms with Crippen LogP contribution in [0.25, 0.3) is 0 Å². The fourth-order valence-electron chi connectivity index (χ4n) is 4.14. The van der Waals surface area contributed by atoms with E-state index in [-0.39, 0.29) is 0 Å². The summed E-state index contributed by atoms with van der Waals surface area (Å²) in [5, 5.41) is 3.69. The third-order valence-electron chi connectivity index (χ3n) is 5.57. The van der Waals surface area contributed by atoms with Gasteiger partial charge in [0, 0.05) is 11.6 Å². The highest BCUT2D eigenvalue weighted by molar-refractivity contribution is 5.05. The Morgan fingerprint density at radius 3 is 2.45 bits per heavy atom. The standard InChI is InChI=1S/C18H38N2/c1-5-7-8-9-10-16(6-2)11-12-17-15(3)20-18(17,4)13-14-19/h15-17,20H,5-14,19H2,1-4H3. The lowest BCUT2D eigenvalue weighted by molar-refractivity contribution is 0.0405. The fraction of sp³-hybridized carbons (Fsp3) is 1.00. The zero-order valence-electron chi connectivity index (χ0n) is 14.4. The van der Waals surface area contributed by atoms with Crippen molar-refractivity contribution in [2.45, 2.75) is 97.1 Å². The van der Waals surface area contributed by atoms with Crippen LogP contribution < -0.4 is 11.1 Å². The third-order valence-corrected chi connectivity index (χ3v) is 5.57. The van der Waals surface area contributed by atoms with Crippen molar-refractivity contribution in [3.63, 3.8) is 0 Å². The van der Waals surface area contributed by atoms with E-state index in [4.69, 9.17) is 5.73 Å². The Balaban J connectivity index is 2.28. The van der Waals surface area contributed by atoms with Gasteiger partial charge in [-0.2, -0.15) is 0 Å². The summed E-state index contributed by atoms with van der Waals surface area (Å²) >= 11 is 0. The van der Waals surface area contributed by atoms with Crippen molar-refractivity contribution in [3.8, 4) is 0 Å². The normalized spacial score (nSPS) is 31.1. The molecule has 0 aromatic carbocycles. The highest BCUT2D eigenvalue weighted by Crippen LogP contribution is 2.39. The topological polar surface area (TPSA) is 38.0 Å². The van der Waals surface area contributed by atoms with Crippen molar-refractivity contribution >= 4 is 0 Å². The highest BCUT2D eigenvalue weighted by Gasteiger charge is 2.46. The molecule has 1 fully saturated rings. The predicted molar refractivity (Wildman–Crippen MR) is 89.9 cm³/mol. The molecule has 4 unspecified atom stereocenters. The summed E-state index contributed by atoms with van der Waals surface area (Å²) in [7, 11) is 0. The first-order chi connectivity index (χ1) is 9.57. The molecule has 0 amide bonds. The van der Waals surface area contributed by atoms with Crippen molar-refractivity contribution in [2.24, 2.45) is 17.6 Å². The molecule has 0 bridgehead atoms. The lowest BCUT2D eigenvalue weighted by Crippen LogP contribution is -2.69. The number of unbranched alkanes of at least 4 members (excludes halogenated alkanes) is 3. The van der Waals surface area contributed by atoms with Crippen LogP contribution >= 0.6 is 0 Å². The average molecular weight is 283 g/mol. The molecule has 1 heterocycles. The minimum absolute atomic E-state index is 0.314. The summed E-state index contributed by atoms with van der Waals surface area (Å²) < 4.78 is 0. The van der Waals surface area contributed by atoms with E-state index >= 15 is 0 Å². The Morgan fingerprint density at radius 2 is 1.90 bits per heavy atom. The quantitative estimate of drug-likeness (QED) is 0.548. The summed E-state index contributed by atoms with van der Waals surface area (Å²) in [4.78, 5) is 0. The van der Waals surface area contributed by atoms with Crippen LogP contribution in [0.15, 0.2) is 0 Å². The molecule has 120 valence electrons. The summed E-state index contributed by atoms with van der Waals surface area (Å²) in [6, 6.07) is 0.684. The minimum Gasteiger partial charge on any atom is -0.330 e. The number of hydrogen-bond donors (Lipinski definition) is 2. The Morgan fingerprint density at radius 1 is 1.15 bits per heavy atom. The molecule has 0 aromatic rings. The van der Waals surface area contributed by atoms with Gasteiger partial charge >= 0.3 is 0 Å². The number of hydrogen-bond acceptors (Lipinski definition) is 2. The number of nitrogens with one attached hydrogen (secondary N) is 1. The zero-order valence-corrected chi connectivity index (χ0v) is 14.4. The number of rotatable bonds is 11. The molecular weight excluding hydrogens is 244 g/mol. The summed E-state index contributed by atoms with van der Waals surface area (Å²) in [5.41, 5.74) is 6.08. The molecule has 20 heavy (non-hydrogen) atoms. The summed E-state index contributed by atoms with van der Waals surface area (Å²) in [5.74, 6) is 1.78. The van der Waals surface area contributed by atoms with E-state index in [1.807, 2.05) is 0 Å². The average Bonchev–Trinajstić information content (AvgIpc) is 2.41. The van der Waals surface area contributed by atoms with Crippen LogP contribution in [0.5, 0.6) is 0 Å². The van der Waals surface area contributed by atoms with Crippen LogP contribution in [0, 0.1) is 11.8 Å². The monoisotopic (exact) mass is 282 g/mol. The van der Waals surface area contributed by atoms with Crippen molar-refractivity contribution in [1.29, 1.82) is 0 Å². The van der Waals surface area contributed by atoms with Crippen LogP contribution in [-0.2, 0) is 0 Å². The van der Waals surface area contributed by atoms with E-state index in [1.165, 1.54) is 51.4 Å². The first-order valence-electron chi connectivity index (χ1n) is 9.05. The van der Waals surface area contributed by atoms with Gasteiger partial charge in [-0.25, -0.2) is 0 Å². The van der Waals surface area contributed by atoms with Gasteiger partial charge < -0.3 is 11.1 Å². The second-order valence-corrected chi connectivity index (χ2v) is 7.20. The van der Waals surface area contributed by atoms with E-state index in [0.717, 1.165) is 24.8 Å². The molecule has 0 aromatic heterocycles. The molecule has 3 N–H and O–H groups in total. The molecule has 0 aliphatic carbocycles. The first-order valence-corrected chi connectivity index (χ1v) is 9.05. The van der Waals surface area contributed by atoms with Gasteiger partial charge in [-0.05, 0) is 45.1 Å². The van der Waals surface area contributed by atoms with Crippen LogP contribution in [0.3, 0.4) is 0 Å². The predicted octanol–water partition coefficient (Wildman–Crippen LogP) is 4.48. The van der Waals surface area contributed by atoms with Gasteiger partial charge in [0.2, 0.25) is 0 Å². The summed E-state index contributed by atoms with van der Waals surface area (Å²) in [6.45, 7) is 10.2. The van der Waals surface area contributed by atoms with Gasteiger partial charge in [0.25, 0.3) is 0 Å². The molecule has 4 atom stereocenters. The van der Waals surface area contributed by atoms with E-state index in [9.17, 15) is 0 Å². The van der Waals surface area contributed by atoms with E-state index < -0.39 is 0 Å². The molecule has 0 spiro atoms. The van der Waals surface area contributed by atoms with Gasteiger partial charge in [0.1, 0.15) is 0 Å². The largest absolute Gasteiger partial charge is 0.330 e. The zero-order chi connectivity index (χ0) is 15.0. The van der Waals surface area contributed by atoms with Crippen LogP contribution in [0.2, 0.25) is 0 Å². The van der Waals surface area contributed by atoms with Crippen molar-refractivity contribution < 1.29 is 0 Å². The highest BCUT2D eigenvalue weighted by atomic mass is 15.1. The summed E-state index contributed by atoms with van der Waals surface area (Å²) in [6.07, 6.45) is 12.3. The Hall–Kier alpha value is -0.0800. The Labute approximate surface area is 127 Å². The van der Waals surface area contributed by atoms with E-state index in [1.54, 1.807) is 0 Å². The third kappa shape index (κ3) is 5.04. The van der Waals surface area contributed by atoms with Gasteiger partial charge in [0.05, 0.1) is 0 Å². The van der Waals surface area contributed by atoms with Crippen molar-refractivity contribution in [2.75, 3.05) is 6.54 Å². The second-order valence-electron chi connectivity index (χ2n) is 7.20. The molecule has 1 rings (SSSR count). The molecular formula is C18H38N2. The van der Waals surface area contributed by atoms with Crippen molar-refractivity contribution in [3.05, 3.63) is 0 Å². The molecule has 2 heteroatoms. The van der Waals surface area contributed by atoms with Gasteiger partial charge in [-0.15, -0.1) is 0 Å². The second kappa shape index (κ2) is 9.04. The lowest BCUT2D eigenvalue weighted by atomic mass is 9.67. The van der Waals surface area contributed by atoms with E-state index in [2.05, 4.69) is 33.0 Å². The maximum absolute atomic E-state index is 5.77.